The van der Waals surface area contributed by atoms with E-state index in [2.05, 4.69) is 10.6 Å². The number of hydrogen-bond donors (Lipinski definition) is 2. The van der Waals surface area contributed by atoms with Crippen LogP contribution in [0.4, 0.5) is 0 Å². The molecule has 4 nitrogen and oxygen atoms in total. The van der Waals surface area contributed by atoms with Crippen LogP contribution in [0.25, 0.3) is 0 Å². The molecule has 0 aromatic rings. The number of carbonyl (C=O) groups excluding carboxylic acids is 2. The first-order valence-electron chi connectivity index (χ1n) is 5.64. The fraction of sp³-hybridized carbons (Fsp3) is 0.818. The molecule has 0 atom stereocenters. The number of rotatable bonds is 5. The third kappa shape index (κ3) is 4.32. The van der Waals surface area contributed by atoms with Crippen LogP contribution < -0.4 is 10.6 Å². The summed E-state index contributed by atoms with van der Waals surface area (Å²) in [5, 5.41) is 5.42. The lowest BCUT2D eigenvalue weighted by atomic mass is 9.85. The van der Waals surface area contributed by atoms with Gasteiger partial charge in [0.2, 0.25) is 11.8 Å². The topological polar surface area (TPSA) is 58.2 Å². The van der Waals surface area contributed by atoms with Crippen LogP contribution in [-0.4, -0.2) is 24.9 Å². The summed E-state index contributed by atoms with van der Waals surface area (Å²) < 4.78 is 0. The van der Waals surface area contributed by atoms with Crippen molar-refractivity contribution in [3.8, 4) is 0 Å². The zero-order valence-corrected chi connectivity index (χ0v) is 9.51. The number of amides is 2. The third-order valence-corrected chi connectivity index (χ3v) is 2.76. The Hall–Kier alpha value is -1.06. The van der Waals surface area contributed by atoms with E-state index in [1.54, 1.807) is 0 Å². The van der Waals surface area contributed by atoms with Crippen LogP contribution in [0.5, 0.6) is 0 Å². The van der Waals surface area contributed by atoms with Crippen molar-refractivity contribution in [2.45, 2.75) is 33.1 Å². The highest BCUT2D eigenvalue weighted by Gasteiger charge is 2.17. The Balaban J connectivity index is 2.04. The minimum absolute atomic E-state index is 0.0653. The molecule has 86 valence electrons. The third-order valence-electron chi connectivity index (χ3n) is 2.76. The second-order valence-corrected chi connectivity index (χ2v) is 4.47. The normalized spacial score (nSPS) is 15.9. The van der Waals surface area contributed by atoms with Gasteiger partial charge in [-0.05, 0) is 18.8 Å². The molecule has 0 bridgehead atoms. The fourth-order valence-corrected chi connectivity index (χ4v) is 1.39. The highest BCUT2D eigenvalue weighted by molar-refractivity contribution is 5.85. The SMILES string of the molecule is CC(C)C(=O)NCC(=O)NCC1CCC1. The lowest BCUT2D eigenvalue weighted by Gasteiger charge is -2.25. The van der Waals surface area contributed by atoms with E-state index in [-0.39, 0.29) is 24.3 Å². The average Bonchev–Trinajstić information content (AvgIpc) is 2.11. The van der Waals surface area contributed by atoms with Crippen LogP contribution in [0.15, 0.2) is 0 Å². The molecule has 0 aromatic carbocycles. The molecule has 15 heavy (non-hydrogen) atoms. The van der Waals surface area contributed by atoms with Gasteiger partial charge >= 0.3 is 0 Å². The van der Waals surface area contributed by atoms with Gasteiger partial charge in [-0.25, -0.2) is 0 Å². The van der Waals surface area contributed by atoms with Gasteiger partial charge in [-0.3, -0.25) is 9.59 Å². The molecular weight excluding hydrogens is 192 g/mol. The summed E-state index contributed by atoms with van der Waals surface area (Å²) in [5.74, 6) is 0.434. The maximum atomic E-state index is 11.3. The number of nitrogens with one attached hydrogen (secondary N) is 2. The molecule has 1 aliphatic rings. The second-order valence-electron chi connectivity index (χ2n) is 4.47. The lowest BCUT2D eigenvalue weighted by molar-refractivity contribution is -0.128. The average molecular weight is 212 g/mol. The van der Waals surface area contributed by atoms with Crippen molar-refractivity contribution in [2.24, 2.45) is 11.8 Å². The molecule has 1 aliphatic carbocycles. The summed E-state index contributed by atoms with van der Waals surface area (Å²) in [6, 6.07) is 0. The van der Waals surface area contributed by atoms with E-state index in [1.165, 1.54) is 19.3 Å². The van der Waals surface area contributed by atoms with Crippen molar-refractivity contribution in [3.05, 3.63) is 0 Å². The molecule has 0 unspecified atom stereocenters. The fourth-order valence-electron chi connectivity index (χ4n) is 1.39. The molecule has 0 radical (unpaired) electrons. The minimum atomic E-state index is -0.0871. The standard InChI is InChI=1S/C11H20N2O2/c1-8(2)11(15)13-7-10(14)12-6-9-4-3-5-9/h8-9H,3-7H2,1-2H3,(H,12,14)(H,13,15). The summed E-state index contributed by atoms with van der Waals surface area (Å²) in [6.45, 7) is 4.48. The molecule has 2 amide bonds. The van der Waals surface area contributed by atoms with Crippen LogP contribution in [-0.2, 0) is 9.59 Å². The van der Waals surface area contributed by atoms with Gasteiger partial charge in [0.25, 0.3) is 0 Å². The van der Waals surface area contributed by atoms with Gasteiger partial charge < -0.3 is 10.6 Å². The van der Waals surface area contributed by atoms with E-state index in [9.17, 15) is 9.59 Å². The van der Waals surface area contributed by atoms with Gasteiger partial charge in [0, 0.05) is 12.5 Å². The Kier molecular flexibility index (Phi) is 4.59. The van der Waals surface area contributed by atoms with Crippen LogP contribution in [0, 0.1) is 11.8 Å². The van der Waals surface area contributed by atoms with Gasteiger partial charge in [-0.1, -0.05) is 20.3 Å². The molecular formula is C11H20N2O2. The first-order valence-corrected chi connectivity index (χ1v) is 5.64. The molecule has 1 fully saturated rings. The summed E-state index contributed by atoms with van der Waals surface area (Å²) in [5.41, 5.74) is 0. The van der Waals surface area contributed by atoms with Crippen LogP contribution in [0.2, 0.25) is 0 Å². The maximum Gasteiger partial charge on any atom is 0.239 e. The molecule has 0 heterocycles. The van der Waals surface area contributed by atoms with Crippen molar-refractivity contribution in [3.63, 3.8) is 0 Å². The molecule has 0 saturated heterocycles. The molecule has 4 heteroatoms. The molecule has 0 aromatic heterocycles. The molecule has 1 saturated carbocycles. The van der Waals surface area contributed by atoms with Crippen LogP contribution >= 0.6 is 0 Å². The van der Waals surface area contributed by atoms with Crippen LogP contribution in [0.1, 0.15) is 33.1 Å². The highest BCUT2D eigenvalue weighted by Crippen LogP contribution is 2.24. The predicted octanol–water partition coefficient (Wildman–Crippen LogP) is 0.675. The zero-order valence-electron chi connectivity index (χ0n) is 9.51. The summed E-state index contributed by atoms with van der Waals surface area (Å²) in [7, 11) is 0. The van der Waals surface area contributed by atoms with E-state index in [4.69, 9.17) is 0 Å². The van der Waals surface area contributed by atoms with E-state index in [1.807, 2.05) is 13.8 Å². The van der Waals surface area contributed by atoms with E-state index >= 15 is 0 Å². The Morgan fingerprint density at radius 3 is 2.40 bits per heavy atom. The van der Waals surface area contributed by atoms with Gasteiger partial charge in [0.1, 0.15) is 0 Å². The van der Waals surface area contributed by atoms with Crippen molar-refractivity contribution in [2.75, 3.05) is 13.1 Å². The first kappa shape index (κ1) is 12.0. The Labute approximate surface area is 90.8 Å². The second kappa shape index (κ2) is 5.73. The van der Waals surface area contributed by atoms with E-state index < -0.39 is 0 Å². The van der Waals surface area contributed by atoms with Crippen molar-refractivity contribution in [1.82, 2.24) is 10.6 Å². The number of carbonyl (C=O) groups is 2. The van der Waals surface area contributed by atoms with Crippen molar-refractivity contribution in [1.29, 1.82) is 0 Å². The lowest BCUT2D eigenvalue weighted by Crippen LogP contribution is -2.40. The Morgan fingerprint density at radius 1 is 1.27 bits per heavy atom. The van der Waals surface area contributed by atoms with Crippen molar-refractivity contribution >= 4 is 11.8 Å². The smallest absolute Gasteiger partial charge is 0.239 e. The Morgan fingerprint density at radius 2 is 1.93 bits per heavy atom. The minimum Gasteiger partial charge on any atom is -0.354 e. The van der Waals surface area contributed by atoms with E-state index in [0.29, 0.717) is 5.92 Å². The molecule has 0 aliphatic heterocycles. The molecule has 2 N–H and O–H groups in total. The van der Waals surface area contributed by atoms with Gasteiger partial charge in [0.05, 0.1) is 6.54 Å². The zero-order chi connectivity index (χ0) is 11.3. The monoisotopic (exact) mass is 212 g/mol. The molecule has 0 spiro atoms. The quantitative estimate of drug-likeness (QED) is 0.704. The summed E-state index contributed by atoms with van der Waals surface area (Å²) in [6.07, 6.45) is 3.72. The largest absolute Gasteiger partial charge is 0.354 e. The summed E-state index contributed by atoms with van der Waals surface area (Å²) in [4.78, 5) is 22.5. The summed E-state index contributed by atoms with van der Waals surface area (Å²) >= 11 is 0. The molecule has 1 rings (SSSR count). The maximum absolute atomic E-state index is 11.3. The van der Waals surface area contributed by atoms with E-state index in [0.717, 1.165) is 6.54 Å². The van der Waals surface area contributed by atoms with Crippen LogP contribution in [0.3, 0.4) is 0 Å². The van der Waals surface area contributed by atoms with Gasteiger partial charge in [-0.2, -0.15) is 0 Å². The first-order chi connectivity index (χ1) is 7.09. The number of hydrogen-bond acceptors (Lipinski definition) is 2. The van der Waals surface area contributed by atoms with Crippen molar-refractivity contribution < 1.29 is 9.59 Å². The van der Waals surface area contributed by atoms with Gasteiger partial charge in [0.15, 0.2) is 0 Å². The predicted molar refractivity (Wildman–Crippen MR) is 58.2 cm³/mol. The van der Waals surface area contributed by atoms with Gasteiger partial charge in [-0.15, -0.1) is 0 Å². The highest BCUT2D eigenvalue weighted by atomic mass is 16.2. The Bertz CT molecular complexity index is 235.